The van der Waals surface area contributed by atoms with Gasteiger partial charge in [-0.25, -0.2) is 0 Å². The first kappa shape index (κ1) is 19.7. The number of primary amides is 1. The average Bonchev–Trinajstić information content (AvgIpc) is 2.65. The molecular formula is C20H19F3N2O3. The lowest BCUT2D eigenvalue weighted by Gasteiger charge is -2.29. The van der Waals surface area contributed by atoms with Crippen molar-refractivity contribution in [3.63, 3.8) is 0 Å². The van der Waals surface area contributed by atoms with E-state index in [1.807, 2.05) is 12.1 Å². The van der Waals surface area contributed by atoms with Gasteiger partial charge in [-0.2, -0.15) is 13.2 Å². The molecule has 0 aliphatic carbocycles. The van der Waals surface area contributed by atoms with Crippen LogP contribution in [0.25, 0.3) is 0 Å². The maximum Gasteiger partial charge on any atom is 0.416 e. The molecular weight excluding hydrogens is 373 g/mol. The Bertz CT molecular complexity index is 879. The number of benzene rings is 2. The highest BCUT2D eigenvalue weighted by molar-refractivity contribution is 5.96. The lowest BCUT2D eigenvalue weighted by atomic mass is 9.99. The van der Waals surface area contributed by atoms with Gasteiger partial charge < -0.3 is 15.4 Å². The van der Waals surface area contributed by atoms with Gasteiger partial charge >= 0.3 is 6.18 Å². The summed E-state index contributed by atoms with van der Waals surface area (Å²) in [5, 5.41) is 0. The van der Waals surface area contributed by atoms with Gasteiger partial charge in [0.05, 0.1) is 5.56 Å². The molecule has 0 radical (unpaired) electrons. The van der Waals surface area contributed by atoms with E-state index in [4.69, 9.17) is 10.5 Å². The van der Waals surface area contributed by atoms with Crippen LogP contribution in [-0.4, -0.2) is 23.3 Å². The van der Waals surface area contributed by atoms with Crippen LogP contribution in [0.1, 0.15) is 28.7 Å². The van der Waals surface area contributed by atoms with Crippen LogP contribution in [0.5, 0.6) is 5.75 Å². The second kappa shape index (κ2) is 7.92. The molecule has 0 aromatic heterocycles. The number of halogens is 3. The number of amides is 2. The number of nitrogens with zero attached hydrogens (tertiary/aromatic N) is 1. The van der Waals surface area contributed by atoms with E-state index < -0.39 is 17.6 Å². The highest BCUT2D eigenvalue weighted by Crippen LogP contribution is 2.29. The van der Waals surface area contributed by atoms with Gasteiger partial charge in [-0.05, 0) is 47.4 Å². The van der Waals surface area contributed by atoms with Crippen molar-refractivity contribution in [3.05, 3.63) is 64.7 Å². The molecule has 8 heteroatoms. The smallest absolute Gasteiger partial charge is 0.416 e. The maximum atomic E-state index is 12.6. The van der Waals surface area contributed by atoms with Crippen molar-refractivity contribution in [1.29, 1.82) is 0 Å². The Labute approximate surface area is 159 Å². The van der Waals surface area contributed by atoms with Crippen LogP contribution in [0.2, 0.25) is 0 Å². The van der Waals surface area contributed by atoms with Crippen LogP contribution in [-0.2, 0) is 35.3 Å². The Morgan fingerprint density at radius 1 is 1.07 bits per heavy atom. The summed E-state index contributed by atoms with van der Waals surface area (Å²) in [5.74, 6) is -0.334. The van der Waals surface area contributed by atoms with Crippen LogP contribution < -0.4 is 10.5 Å². The van der Waals surface area contributed by atoms with Crippen LogP contribution in [0, 0.1) is 0 Å². The summed E-state index contributed by atoms with van der Waals surface area (Å²) in [6.07, 6.45) is -4.04. The normalized spacial score (nSPS) is 13.8. The Morgan fingerprint density at radius 2 is 1.79 bits per heavy atom. The Hall–Kier alpha value is -3.03. The first-order valence-electron chi connectivity index (χ1n) is 8.69. The number of ether oxygens (including phenoxy) is 1. The van der Waals surface area contributed by atoms with Gasteiger partial charge in [-0.3, -0.25) is 9.59 Å². The summed E-state index contributed by atoms with van der Waals surface area (Å²) < 4.78 is 43.5. The van der Waals surface area contributed by atoms with Gasteiger partial charge in [0.15, 0.2) is 0 Å². The third-order valence-corrected chi connectivity index (χ3v) is 4.55. The van der Waals surface area contributed by atoms with Gasteiger partial charge in [0, 0.05) is 13.1 Å². The highest BCUT2D eigenvalue weighted by atomic mass is 19.4. The Balaban J connectivity index is 1.60. The predicted octanol–water partition coefficient (Wildman–Crippen LogP) is 3.04. The van der Waals surface area contributed by atoms with Gasteiger partial charge in [-0.1, -0.05) is 18.2 Å². The number of nitrogens with two attached hydrogens (primary N) is 1. The molecule has 5 nitrogen and oxygen atoms in total. The molecule has 1 heterocycles. The van der Waals surface area contributed by atoms with Crippen molar-refractivity contribution in [3.8, 4) is 5.75 Å². The van der Waals surface area contributed by atoms with E-state index in [9.17, 15) is 22.8 Å². The van der Waals surface area contributed by atoms with E-state index in [-0.39, 0.29) is 18.9 Å². The Kier molecular flexibility index (Phi) is 5.58. The molecule has 0 saturated carbocycles. The minimum Gasteiger partial charge on any atom is -0.489 e. The first-order chi connectivity index (χ1) is 13.2. The fourth-order valence-corrected chi connectivity index (χ4v) is 3.05. The van der Waals surface area contributed by atoms with E-state index in [1.165, 1.54) is 12.1 Å². The number of rotatable bonds is 5. The second-order valence-electron chi connectivity index (χ2n) is 6.62. The molecule has 0 fully saturated rings. The van der Waals surface area contributed by atoms with Crippen molar-refractivity contribution in [2.75, 3.05) is 6.54 Å². The predicted molar refractivity (Wildman–Crippen MR) is 95.2 cm³/mol. The number of carbonyl (C=O) groups is 2. The fraction of sp³-hybridized carbons (Fsp3) is 0.300. The average molecular weight is 392 g/mol. The zero-order valence-corrected chi connectivity index (χ0v) is 15.0. The molecule has 2 aromatic carbocycles. The molecule has 0 bridgehead atoms. The summed E-state index contributed by atoms with van der Waals surface area (Å²) in [5.41, 5.74) is 7.00. The van der Waals surface area contributed by atoms with Crippen molar-refractivity contribution in [2.24, 2.45) is 5.73 Å². The summed E-state index contributed by atoms with van der Waals surface area (Å²) in [6, 6.07) is 10.3. The lowest BCUT2D eigenvalue weighted by molar-refractivity contribution is -0.138. The third-order valence-electron chi connectivity index (χ3n) is 4.55. The van der Waals surface area contributed by atoms with Gasteiger partial charge in [0.25, 0.3) is 0 Å². The van der Waals surface area contributed by atoms with Crippen LogP contribution in [0.4, 0.5) is 13.2 Å². The number of hydrogen-bond donors (Lipinski definition) is 1. The monoisotopic (exact) mass is 392 g/mol. The van der Waals surface area contributed by atoms with Crippen molar-refractivity contribution >= 4 is 11.8 Å². The molecule has 1 aliphatic rings. The largest absolute Gasteiger partial charge is 0.489 e. The van der Waals surface area contributed by atoms with Crippen LogP contribution in [0.15, 0.2) is 42.5 Å². The SMILES string of the molecule is NC(=O)CC(=O)N1CCc2cc(OCc3ccc(C(F)(F)F)cc3)ccc2C1. The molecule has 1 aliphatic heterocycles. The van der Waals surface area contributed by atoms with Gasteiger partial charge in [-0.15, -0.1) is 0 Å². The molecule has 148 valence electrons. The number of carbonyl (C=O) groups excluding carboxylic acids is 2. The van der Waals surface area contributed by atoms with E-state index in [1.54, 1.807) is 11.0 Å². The first-order valence-corrected chi connectivity index (χ1v) is 8.69. The minimum atomic E-state index is -4.36. The van der Waals surface area contributed by atoms with Gasteiger partial charge in [0.1, 0.15) is 18.8 Å². The molecule has 2 aromatic rings. The number of fused-ring (bicyclic) bond motifs is 1. The molecule has 0 unspecified atom stereocenters. The zero-order valence-electron chi connectivity index (χ0n) is 15.0. The molecule has 3 rings (SSSR count). The molecule has 2 N–H and O–H groups in total. The van der Waals surface area contributed by atoms with E-state index in [0.717, 1.165) is 23.3 Å². The van der Waals surface area contributed by atoms with Crippen molar-refractivity contribution in [2.45, 2.75) is 32.2 Å². The topological polar surface area (TPSA) is 72.6 Å². The standard InChI is InChI=1S/C20H19F3N2O3/c21-20(22,23)16-4-1-13(2-5-16)12-28-17-6-3-15-11-25(8-7-14(15)9-17)19(27)10-18(24)26/h1-6,9H,7-8,10-12H2,(H2,24,26). The second-order valence-corrected chi connectivity index (χ2v) is 6.62. The van der Waals surface area contributed by atoms with Gasteiger partial charge in [0.2, 0.25) is 11.8 Å². The summed E-state index contributed by atoms with van der Waals surface area (Å²) in [4.78, 5) is 24.5. The molecule has 28 heavy (non-hydrogen) atoms. The van der Waals surface area contributed by atoms with E-state index in [0.29, 0.717) is 30.8 Å². The zero-order chi connectivity index (χ0) is 20.3. The van der Waals surface area contributed by atoms with Crippen molar-refractivity contribution < 1.29 is 27.5 Å². The maximum absolute atomic E-state index is 12.6. The van der Waals surface area contributed by atoms with Crippen molar-refractivity contribution in [1.82, 2.24) is 4.90 Å². The molecule has 2 amide bonds. The molecule has 0 saturated heterocycles. The van der Waals surface area contributed by atoms with Crippen LogP contribution >= 0.6 is 0 Å². The lowest BCUT2D eigenvalue weighted by Crippen LogP contribution is -2.37. The third kappa shape index (κ3) is 4.82. The number of alkyl halides is 3. The molecule has 0 spiro atoms. The fourth-order valence-electron chi connectivity index (χ4n) is 3.05. The minimum absolute atomic E-state index is 0.153. The van der Waals surface area contributed by atoms with E-state index in [2.05, 4.69) is 0 Å². The van der Waals surface area contributed by atoms with E-state index >= 15 is 0 Å². The summed E-state index contributed by atoms with van der Waals surface area (Å²) >= 11 is 0. The number of hydrogen-bond acceptors (Lipinski definition) is 3. The summed E-state index contributed by atoms with van der Waals surface area (Å²) in [6.45, 7) is 1.04. The highest BCUT2D eigenvalue weighted by Gasteiger charge is 2.30. The Morgan fingerprint density at radius 3 is 2.43 bits per heavy atom. The molecule has 0 atom stereocenters. The summed E-state index contributed by atoms with van der Waals surface area (Å²) in [7, 11) is 0. The van der Waals surface area contributed by atoms with Crippen LogP contribution in [0.3, 0.4) is 0 Å². The quantitative estimate of drug-likeness (QED) is 0.795.